The average Bonchev–Trinajstić information content (AvgIpc) is 3.77. The van der Waals surface area contributed by atoms with E-state index in [9.17, 15) is 0 Å². The number of rotatable bonds is 20. The first-order valence-corrected chi connectivity index (χ1v) is 26.6. The van der Waals surface area contributed by atoms with Crippen LogP contribution in [0.15, 0.2) is 48.5 Å². The maximum Gasteiger partial charge on any atom is 0.173 e. The summed E-state index contributed by atoms with van der Waals surface area (Å²) in [5.74, 6) is 0.711. The van der Waals surface area contributed by atoms with E-state index in [0.29, 0.717) is 5.92 Å². The third-order valence-corrected chi connectivity index (χ3v) is 21.2. The van der Waals surface area contributed by atoms with Gasteiger partial charge in [0.1, 0.15) is 0 Å². The Bertz CT molecular complexity index is 1390. The molecule has 44 heavy (non-hydrogen) atoms. The van der Waals surface area contributed by atoms with Gasteiger partial charge in [0.15, 0.2) is 16.6 Å². The molecule has 1 nitrogen and oxygen atoms in total. The second kappa shape index (κ2) is 17.4. The van der Waals surface area contributed by atoms with Crippen LogP contribution in [0.4, 0.5) is 0 Å². The van der Waals surface area contributed by atoms with Gasteiger partial charge >= 0.3 is 0 Å². The van der Waals surface area contributed by atoms with Crippen LogP contribution in [0.1, 0.15) is 88.3 Å². The molecule has 4 aromatic heterocycles. The molecule has 4 heterocycles. The highest BCUT2D eigenvalue weighted by Crippen LogP contribution is 2.43. The lowest BCUT2D eigenvalue weighted by atomic mass is 10.1. The molecule has 7 heteroatoms. The molecule has 0 N–H and O–H groups in total. The van der Waals surface area contributed by atoms with E-state index in [-0.39, 0.29) is 0 Å². The summed E-state index contributed by atoms with van der Waals surface area (Å²) >= 11 is 7.84. The van der Waals surface area contributed by atoms with Gasteiger partial charge in [0.25, 0.3) is 0 Å². The van der Waals surface area contributed by atoms with Crippen molar-refractivity contribution < 1.29 is 4.12 Å². The monoisotopic (exact) mass is 700 g/mol. The molecule has 0 saturated carbocycles. The lowest BCUT2D eigenvalue weighted by Gasteiger charge is -2.33. The quantitative estimate of drug-likeness (QED) is 0.0659. The molecule has 0 amide bonds. The minimum Gasteiger partial charge on any atom is -0.456 e. The van der Waals surface area contributed by atoms with Crippen LogP contribution in [0.3, 0.4) is 0 Å². The van der Waals surface area contributed by atoms with Crippen molar-refractivity contribution >= 4 is 62.0 Å². The van der Waals surface area contributed by atoms with Crippen molar-refractivity contribution in [2.45, 2.75) is 130 Å². The Kier molecular flexibility index (Phi) is 14.2. The Hall–Kier alpha value is -0.806. The standard InChI is InChI=1S/C37H56OS4Si2/c1-8-43(4,5)38-44(6,7)27-17-15-13-11-9-10-12-14-16-18-30-19-21-32(39-30)34-23-25-36(41-34)37-26-24-35(42-37)33-22-20-31(40-33)28-29(2)3/h19-26,29H,8-18,27-28H2,1-7H3. The van der Waals surface area contributed by atoms with E-state index in [1.54, 1.807) is 4.88 Å². The third-order valence-electron chi connectivity index (χ3n) is 8.48. The van der Waals surface area contributed by atoms with E-state index in [2.05, 4.69) is 95.5 Å². The van der Waals surface area contributed by atoms with Crippen LogP contribution in [0.5, 0.6) is 0 Å². The van der Waals surface area contributed by atoms with E-state index in [4.69, 9.17) is 4.12 Å². The molecule has 0 atom stereocenters. The van der Waals surface area contributed by atoms with E-state index >= 15 is 0 Å². The zero-order valence-electron chi connectivity index (χ0n) is 28.4. The summed E-state index contributed by atoms with van der Waals surface area (Å²) in [6, 6.07) is 21.2. The predicted octanol–water partition coefficient (Wildman–Crippen LogP) is 14.6. The first-order chi connectivity index (χ1) is 21.0. The average molecular weight is 701 g/mol. The summed E-state index contributed by atoms with van der Waals surface area (Å²) in [6.45, 7) is 16.5. The lowest BCUT2D eigenvalue weighted by Crippen LogP contribution is -2.43. The maximum absolute atomic E-state index is 6.63. The van der Waals surface area contributed by atoms with Crippen LogP contribution < -0.4 is 0 Å². The van der Waals surface area contributed by atoms with Crippen LogP contribution in [0.2, 0.25) is 38.3 Å². The predicted molar refractivity (Wildman–Crippen MR) is 209 cm³/mol. The minimum absolute atomic E-state index is 0.711. The Morgan fingerprint density at radius 3 is 1.43 bits per heavy atom. The van der Waals surface area contributed by atoms with Crippen molar-refractivity contribution in [1.82, 2.24) is 0 Å². The summed E-state index contributed by atoms with van der Waals surface area (Å²) in [6.07, 6.45) is 14.9. The fraction of sp³-hybridized carbons (Fsp3) is 0.568. The minimum atomic E-state index is -1.46. The fourth-order valence-electron chi connectivity index (χ4n) is 5.83. The molecule has 0 unspecified atom stereocenters. The van der Waals surface area contributed by atoms with Crippen molar-refractivity contribution in [2.75, 3.05) is 0 Å². The smallest absolute Gasteiger partial charge is 0.173 e. The largest absolute Gasteiger partial charge is 0.456 e. The third kappa shape index (κ3) is 11.8. The molecule has 0 saturated heterocycles. The molecular formula is C37H56OS4Si2. The number of aryl methyl sites for hydroxylation is 1. The molecule has 0 fully saturated rings. The summed E-state index contributed by atoms with van der Waals surface area (Å²) in [4.78, 5) is 11.5. The topological polar surface area (TPSA) is 9.23 Å². The van der Waals surface area contributed by atoms with Gasteiger partial charge in [-0.2, -0.15) is 0 Å². The highest BCUT2D eigenvalue weighted by molar-refractivity contribution is 7.28. The first kappa shape index (κ1) is 36.0. The van der Waals surface area contributed by atoms with Gasteiger partial charge in [0.2, 0.25) is 0 Å². The zero-order valence-corrected chi connectivity index (χ0v) is 33.7. The molecule has 0 aliphatic carbocycles. The van der Waals surface area contributed by atoms with Crippen molar-refractivity contribution in [3.63, 3.8) is 0 Å². The highest BCUT2D eigenvalue weighted by atomic mass is 32.1. The molecule has 0 spiro atoms. The molecule has 4 rings (SSSR count). The van der Waals surface area contributed by atoms with Crippen LogP contribution in [-0.2, 0) is 17.0 Å². The molecule has 0 aliphatic heterocycles. The van der Waals surface area contributed by atoms with Gasteiger partial charge in [-0.05, 0) is 112 Å². The molecular weight excluding hydrogens is 645 g/mol. The molecule has 0 bridgehead atoms. The Balaban J connectivity index is 1.10. The molecule has 0 aliphatic rings. The van der Waals surface area contributed by atoms with Gasteiger partial charge in [0.05, 0.1) is 0 Å². The van der Waals surface area contributed by atoms with Crippen LogP contribution in [0.25, 0.3) is 29.3 Å². The van der Waals surface area contributed by atoms with Gasteiger partial charge in [-0.25, -0.2) is 0 Å². The Morgan fingerprint density at radius 1 is 0.523 bits per heavy atom. The van der Waals surface area contributed by atoms with Crippen LogP contribution in [-0.4, -0.2) is 16.6 Å². The van der Waals surface area contributed by atoms with E-state index in [1.165, 1.54) is 117 Å². The number of hydrogen-bond acceptors (Lipinski definition) is 5. The highest BCUT2D eigenvalue weighted by Gasteiger charge is 2.31. The van der Waals surface area contributed by atoms with Crippen molar-refractivity contribution in [1.29, 1.82) is 0 Å². The summed E-state index contributed by atoms with van der Waals surface area (Å²) in [5, 5.41) is 0. The fourth-order valence-corrected chi connectivity index (χ4v) is 18.5. The van der Waals surface area contributed by atoms with Crippen molar-refractivity contribution in [3.8, 4) is 29.3 Å². The van der Waals surface area contributed by atoms with Gasteiger partial charge in [-0.1, -0.05) is 72.1 Å². The van der Waals surface area contributed by atoms with Gasteiger partial charge < -0.3 is 4.12 Å². The van der Waals surface area contributed by atoms with Gasteiger partial charge in [-0.3, -0.25) is 0 Å². The lowest BCUT2D eigenvalue weighted by molar-refractivity contribution is 0.526. The summed E-state index contributed by atoms with van der Waals surface area (Å²) in [5.41, 5.74) is 0. The van der Waals surface area contributed by atoms with E-state index in [1.807, 2.05) is 45.3 Å². The Labute approximate surface area is 287 Å². The summed E-state index contributed by atoms with van der Waals surface area (Å²) < 4.78 is 6.63. The summed E-state index contributed by atoms with van der Waals surface area (Å²) in [7, 11) is -2.86. The normalized spacial score (nSPS) is 12.5. The number of hydrogen-bond donors (Lipinski definition) is 0. The van der Waals surface area contributed by atoms with Crippen LogP contribution >= 0.6 is 45.3 Å². The number of unbranched alkanes of at least 4 members (excludes halogenated alkanes) is 8. The Morgan fingerprint density at radius 2 is 0.932 bits per heavy atom. The molecule has 242 valence electrons. The van der Waals surface area contributed by atoms with Gasteiger partial charge in [-0.15, -0.1) is 45.3 Å². The van der Waals surface area contributed by atoms with Crippen LogP contribution in [0, 0.1) is 5.92 Å². The zero-order chi connectivity index (χ0) is 31.6. The molecule has 0 aromatic carbocycles. The van der Waals surface area contributed by atoms with E-state index < -0.39 is 16.6 Å². The molecule has 4 aromatic rings. The van der Waals surface area contributed by atoms with Gasteiger partial charge in [0, 0.05) is 39.0 Å². The second-order valence-electron chi connectivity index (χ2n) is 14.1. The van der Waals surface area contributed by atoms with Crippen molar-refractivity contribution in [3.05, 3.63) is 58.3 Å². The number of thiophene rings is 4. The first-order valence-electron chi connectivity index (χ1n) is 17.1. The SMILES string of the molecule is CC[Si](C)(C)O[Si](C)(C)CCCCCCCCCCCc1ccc(-c2ccc(-c3ccc(-c4ccc(CC(C)C)s4)s3)s2)s1. The van der Waals surface area contributed by atoms with E-state index in [0.717, 1.165) is 0 Å². The molecule has 0 radical (unpaired) electrons. The maximum atomic E-state index is 6.63. The van der Waals surface area contributed by atoms with Crippen molar-refractivity contribution in [2.24, 2.45) is 5.92 Å². The second-order valence-corrected chi connectivity index (χ2v) is 27.7.